The van der Waals surface area contributed by atoms with Crippen LogP contribution >= 0.6 is 0 Å². The Bertz CT molecular complexity index is 741. The summed E-state index contributed by atoms with van der Waals surface area (Å²) >= 11 is 0. The fraction of sp³-hybridized carbons (Fsp3) is 0.762. The summed E-state index contributed by atoms with van der Waals surface area (Å²) in [5, 5.41) is 0. The van der Waals surface area contributed by atoms with Crippen molar-refractivity contribution in [3.8, 4) is 0 Å². The summed E-state index contributed by atoms with van der Waals surface area (Å²) < 4.78 is 27.5. The zero-order valence-corrected chi connectivity index (χ0v) is 17.2. The van der Waals surface area contributed by atoms with Crippen LogP contribution in [0.2, 0.25) is 0 Å². The molecule has 7 atom stereocenters. The number of carbonyl (C=O) groups excluding carboxylic acids is 3. The minimum Gasteiger partial charge on any atom is -0.455 e. The molecule has 0 spiro atoms. The van der Waals surface area contributed by atoms with Gasteiger partial charge < -0.3 is 23.7 Å². The van der Waals surface area contributed by atoms with Gasteiger partial charge in [-0.1, -0.05) is 26.3 Å². The number of carbonyl (C=O) groups is 3. The molecule has 8 heteroatoms. The minimum absolute atomic E-state index is 0.230. The molecule has 0 amide bonds. The van der Waals surface area contributed by atoms with Crippen molar-refractivity contribution in [2.24, 2.45) is 23.2 Å². The van der Waals surface area contributed by atoms with E-state index in [1.54, 1.807) is 0 Å². The number of fused-ring (bicyclic) bond motifs is 3. The predicted molar refractivity (Wildman–Crippen MR) is 97.7 cm³/mol. The lowest BCUT2D eigenvalue weighted by molar-refractivity contribution is -0.244. The molecule has 8 nitrogen and oxygen atoms in total. The van der Waals surface area contributed by atoms with Gasteiger partial charge in [-0.15, -0.1) is 0 Å². The van der Waals surface area contributed by atoms with E-state index in [-0.39, 0.29) is 11.3 Å². The third-order valence-electron chi connectivity index (χ3n) is 6.27. The molecule has 0 aromatic heterocycles. The number of hydrogen-bond donors (Lipinski definition) is 0. The molecular weight excluding hydrogens is 380 g/mol. The highest BCUT2D eigenvalue weighted by Gasteiger charge is 2.64. The highest BCUT2D eigenvalue weighted by molar-refractivity contribution is 5.91. The molecule has 29 heavy (non-hydrogen) atoms. The maximum Gasteiger partial charge on any atom is 0.336 e. The number of allylic oxidation sites excluding steroid dienone is 1. The monoisotopic (exact) mass is 408 g/mol. The van der Waals surface area contributed by atoms with Crippen molar-refractivity contribution in [2.45, 2.75) is 78.4 Å². The third kappa shape index (κ3) is 3.92. The van der Waals surface area contributed by atoms with E-state index < -0.39 is 54.7 Å². The van der Waals surface area contributed by atoms with E-state index in [0.717, 1.165) is 19.3 Å². The van der Waals surface area contributed by atoms with Gasteiger partial charge in [-0.2, -0.15) is 0 Å². The van der Waals surface area contributed by atoms with Crippen LogP contribution in [-0.2, 0) is 38.1 Å². The molecule has 0 aromatic rings. The summed E-state index contributed by atoms with van der Waals surface area (Å²) in [5.41, 5.74) is 0.780. The SMILES string of the molecule is CC(=O)O[C@H]1O[C@H]2O[C@H]3OC(=O)/C(=C\[C@@H]4CCCC(C)(C)C4)[C@H]3[C@H]2[C@@H]1OC(C)=O. The van der Waals surface area contributed by atoms with E-state index in [1.807, 2.05) is 6.08 Å². The maximum absolute atomic E-state index is 12.6. The van der Waals surface area contributed by atoms with Gasteiger partial charge in [0.2, 0.25) is 12.6 Å². The highest BCUT2D eigenvalue weighted by Crippen LogP contribution is 2.51. The van der Waals surface area contributed by atoms with Gasteiger partial charge in [-0.25, -0.2) is 4.79 Å². The smallest absolute Gasteiger partial charge is 0.336 e. The number of esters is 3. The summed E-state index contributed by atoms with van der Waals surface area (Å²) in [5.74, 6) is -2.12. The van der Waals surface area contributed by atoms with Crippen LogP contribution < -0.4 is 0 Å². The molecule has 1 aliphatic carbocycles. The van der Waals surface area contributed by atoms with Gasteiger partial charge in [0.25, 0.3) is 0 Å². The lowest BCUT2D eigenvalue weighted by atomic mass is 9.71. The molecule has 3 heterocycles. The standard InChI is InChI=1S/C21H28O8/c1-10(22)25-16-15-14-13(8-12-6-5-7-21(3,4)9-12)17(24)27-18(14)28-19(15)29-20(16)26-11(2)23/h8,12,14-16,18-20H,5-7,9H2,1-4H3/b13-8-/t12-,14-,15-,16-,18+,19+,20-/m0/s1. The van der Waals surface area contributed by atoms with Gasteiger partial charge in [0.15, 0.2) is 12.4 Å². The lowest BCUT2D eigenvalue weighted by Gasteiger charge is -2.34. The topological polar surface area (TPSA) is 97.4 Å². The third-order valence-corrected chi connectivity index (χ3v) is 6.27. The van der Waals surface area contributed by atoms with E-state index >= 15 is 0 Å². The first-order chi connectivity index (χ1) is 13.6. The van der Waals surface area contributed by atoms with Crippen molar-refractivity contribution in [2.75, 3.05) is 0 Å². The van der Waals surface area contributed by atoms with Gasteiger partial charge in [0, 0.05) is 19.4 Å². The van der Waals surface area contributed by atoms with Crippen LogP contribution in [0.4, 0.5) is 0 Å². The fourth-order valence-corrected chi connectivity index (χ4v) is 5.21. The molecule has 160 valence electrons. The second kappa shape index (κ2) is 7.40. The number of hydrogen-bond acceptors (Lipinski definition) is 8. The van der Waals surface area contributed by atoms with Crippen LogP contribution in [0.25, 0.3) is 0 Å². The van der Waals surface area contributed by atoms with Crippen molar-refractivity contribution < 1.29 is 38.1 Å². The summed E-state index contributed by atoms with van der Waals surface area (Å²) in [7, 11) is 0. The Labute approximate surface area is 169 Å². The van der Waals surface area contributed by atoms with Crippen molar-refractivity contribution in [3.05, 3.63) is 11.6 Å². The summed E-state index contributed by atoms with van der Waals surface area (Å²) in [4.78, 5) is 35.7. The van der Waals surface area contributed by atoms with E-state index in [4.69, 9.17) is 23.7 Å². The van der Waals surface area contributed by atoms with Gasteiger partial charge in [-0.05, 0) is 30.6 Å². The second-order valence-electron chi connectivity index (χ2n) is 9.21. The molecule has 1 saturated carbocycles. The van der Waals surface area contributed by atoms with Gasteiger partial charge in [0.05, 0.1) is 11.8 Å². The van der Waals surface area contributed by atoms with Crippen LogP contribution in [0.15, 0.2) is 11.6 Å². The first kappa shape index (κ1) is 20.3. The van der Waals surface area contributed by atoms with Crippen LogP contribution in [0.1, 0.15) is 53.4 Å². The maximum atomic E-state index is 12.6. The van der Waals surface area contributed by atoms with Crippen molar-refractivity contribution in [1.82, 2.24) is 0 Å². The first-order valence-corrected chi connectivity index (χ1v) is 10.2. The van der Waals surface area contributed by atoms with Crippen LogP contribution in [0.3, 0.4) is 0 Å². The Morgan fingerprint density at radius 1 is 1.10 bits per heavy atom. The van der Waals surface area contributed by atoms with Gasteiger partial charge in [-0.3, -0.25) is 9.59 Å². The highest BCUT2D eigenvalue weighted by atomic mass is 16.8. The van der Waals surface area contributed by atoms with Crippen LogP contribution in [0.5, 0.6) is 0 Å². The van der Waals surface area contributed by atoms with Crippen LogP contribution in [0, 0.1) is 23.2 Å². The molecule has 0 radical (unpaired) electrons. The lowest BCUT2D eigenvalue weighted by Crippen LogP contribution is -2.38. The second-order valence-corrected chi connectivity index (χ2v) is 9.21. The Kier molecular flexibility index (Phi) is 5.19. The molecular formula is C21H28O8. The molecule has 0 bridgehead atoms. The fourth-order valence-electron chi connectivity index (χ4n) is 5.21. The Morgan fingerprint density at radius 2 is 1.83 bits per heavy atom. The Hall–Kier alpha value is -1.93. The van der Waals surface area contributed by atoms with Crippen molar-refractivity contribution >= 4 is 17.9 Å². The van der Waals surface area contributed by atoms with Gasteiger partial charge in [0.1, 0.15) is 0 Å². The molecule has 4 fully saturated rings. The Balaban J connectivity index is 1.61. The average Bonchev–Trinajstić information content (AvgIpc) is 3.16. The minimum atomic E-state index is -1.07. The predicted octanol–water partition coefficient (Wildman–Crippen LogP) is 2.45. The van der Waals surface area contributed by atoms with E-state index in [2.05, 4.69) is 13.8 Å². The molecule has 0 aromatic carbocycles. The largest absolute Gasteiger partial charge is 0.455 e. The zero-order chi connectivity index (χ0) is 20.9. The average molecular weight is 408 g/mol. The van der Waals surface area contributed by atoms with Crippen molar-refractivity contribution in [3.63, 3.8) is 0 Å². The normalized spacial score (nSPS) is 41.6. The Morgan fingerprint density at radius 3 is 2.48 bits per heavy atom. The molecule has 4 aliphatic rings. The molecule has 3 saturated heterocycles. The van der Waals surface area contributed by atoms with Crippen LogP contribution in [-0.4, -0.2) is 42.9 Å². The first-order valence-electron chi connectivity index (χ1n) is 10.2. The number of rotatable bonds is 3. The quantitative estimate of drug-likeness (QED) is 0.399. The van der Waals surface area contributed by atoms with Crippen molar-refractivity contribution in [1.29, 1.82) is 0 Å². The molecule has 0 unspecified atom stereocenters. The summed E-state index contributed by atoms with van der Waals surface area (Å²) in [6.45, 7) is 7.02. The number of ether oxygens (including phenoxy) is 5. The summed E-state index contributed by atoms with van der Waals surface area (Å²) in [6.07, 6.45) is 2.82. The molecule has 0 N–H and O–H groups in total. The van der Waals surface area contributed by atoms with E-state index in [1.165, 1.54) is 20.3 Å². The zero-order valence-electron chi connectivity index (χ0n) is 17.2. The molecule has 3 aliphatic heterocycles. The molecule has 4 rings (SSSR count). The van der Waals surface area contributed by atoms with Gasteiger partial charge >= 0.3 is 17.9 Å². The van der Waals surface area contributed by atoms with E-state index in [9.17, 15) is 14.4 Å². The van der Waals surface area contributed by atoms with E-state index in [0.29, 0.717) is 5.57 Å². The summed E-state index contributed by atoms with van der Waals surface area (Å²) in [6, 6.07) is 0.